The lowest BCUT2D eigenvalue weighted by molar-refractivity contribution is -0.119. The number of hydrogen-bond donors (Lipinski definition) is 0. The van der Waals surface area contributed by atoms with Crippen LogP contribution in [0.25, 0.3) is 11.1 Å². The standard InChI is InChI=1S/C29H30N2O2/c32-28-21-30(19-22-9-3-1-4-10-22)29(33)26-13-7-8-14-27(26)31(28)20-23-15-17-25(18-16-23)24-11-5-2-6-12-24/h2,5-8,11-18,22H,1,3-4,9-10,19-21H2. The predicted octanol–water partition coefficient (Wildman–Crippen LogP) is 5.92. The number of carbonyl (C=O) groups is 2. The van der Waals surface area contributed by atoms with Crippen molar-refractivity contribution in [3.05, 3.63) is 90.0 Å². The molecule has 0 unspecified atom stereocenters. The van der Waals surface area contributed by atoms with E-state index in [4.69, 9.17) is 0 Å². The van der Waals surface area contributed by atoms with Crippen molar-refractivity contribution in [2.75, 3.05) is 18.0 Å². The number of hydrogen-bond acceptors (Lipinski definition) is 2. The van der Waals surface area contributed by atoms with Crippen LogP contribution in [-0.2, 0) is 11.3 Å². The van der Waals surface area contributed by atoms with Crippen molar-refractivity contribution in [1.29, 1.82) is 0 Å². The molecule has 2 aliphatic rings. The van der Waals surface area contributed by atoms with Crippen molar-refractivity contribution in [3.8, 4) is 11.1 Å². The van der Waals surface area contributed by atoms with Gasteiger partial charge in [0, 0.05) is 6.54 Å². The van der Waals surface area contributed by atoms with Gasteiger partial charge in [-0.05, 0) is 47.6 Å². The van der Waals surface area contributed by atoms with E-state index in [1.165, 1.54) is 24.8 Å². The summed E-state index contributed by atoms with van der Waals surface area (Å²) in [5.41, 5.74) is 4.71. The summed E-state index contributed by atoms with van der Waals surface area (Å²) in [5.74, 6) is 0.461. The van der Waals surface area contributed by atoms with Gasteiger partial charge in [-0.3, -0.25) is 9.59 Å². The fourth-order valence-corrected chi connectivity index (χ4v) is 5.13. The van der Waals surface area contributed by atoms with Crippen molar-refractivity contribution in [2.24, 2.45) is 5.92 Å². The molecule has 0 bridgehead atoms. The first-order valence-corrected chi connectivity index (χ1v) is 12.0. The molecule has 1 fully saturated rings. The molecule has 0 saturated heterocycles. The molecule has 1 saturated carbocycles. The molecule has 1 aliphatic carbocycles. The van der Waals surface area contributed by atoms with Gasteiger partial charge in [-0.1, -0.05) is 86.0 Å². The maximum absolute atomic E-state index is 13.4. The Hall–Kier alpha value is -3.40. The molecular weight excluding hydrogens is 408 g/mol. The van der Waals surface area contributed by atoms with E-state index in [0.717, 1.165) is 24.0 Å². The topological polar surface area (TPSA) is 40.6 Å². The molecule has 5 rings (SSSR count). The molecular formula is C29H30N2O2. The Morgan fingerprint density at radius 1 is 0.727 bits per heavy atom. The molecule has 4 heteroatoms. The Kier molecular flexibility index (Phi) is 6.25. The van der Waals surface area contributed by atoms with E-state index in [9.17, 15) is 9.59 Å². The number of rotatable bonds is 5. The van der Waals surface area contributed by atoms with E-state index in [1.807, 2.05) is 42.5 Å². The minimum Gasteiger partial charge on any atom is -0.329 e. The average Bonchev–Trinajstić information content (AvgIpc) is 2.96. The number of benzene rings is 3. The van der Waals surface area contributed by atoms with Gasteiger partial charge in [0.2, 0.25) is 5.91 Å². The minimum absolute atomic E-state index is 0.0174. The first-order valence-electron chi connectivity index (χ1n) is 12.0. The predicted molar refractivity (Wildman–Crippen MR) is 132 cm³/mol. The number of fused-ring (bicyclic) bond motifs is 1. The van der Waals surface area contributed by atoms with Gasteiger partial charge < -0.3 is 9.80 Å². The summed E-state index contributed by atoms with van der Waals surface area (Å²) in [6.45, 7) is 1.28. The summed E-state index contributed by atoms with van der Waals surface area (Å²) >= 11 is 0. The van der Waals surface area contributed by atoms with E-state index < -0.39 is 0 Å². The van der Waals surface area contributed by atoms with Crippen LogP contribution >= 0.6 is 0 Å². The van der Waals surface area contributed by atoms with Crippen LogP contribution < -0.4 is 4.90 Å². The molecule has 1 heterocycles. The Labute approximate surface area is 195 Å². The van der Waals surface area contributed by atoms with Crippen molar-refractivity contribution in [3.63, 3.8) is 0 Å². The normalized spacial score (nSPS) is 17.1. The van der Waals surface area contributed by atoms with Crippen LogP contribution in [0.2, 0.25) is 0 Å². The zero-order valence-electron chi connectivity index (χ0n) is 19.0. The van der Waals surface area contributed by atoms with Gasteiger partial charge in [0.15, 0.2) is 0 Å². The van der Waals surface area contributed by atoms with E-state index in [-0.39, 0.29) is 18.4 Å². The van der Waals surface area contributed by atoms with Crippen molar-refractivity contribution in [2.45, 2.75) is 38.6 Å². The smallest absolute Gasteiger partial charge is 0.256 e. The fourth-order valence-electron chi connectivity index (χ4n) is 5.13. The second-order valence-electron chi connectivity index (χ2n) is 9.25. The molecule has 33 heavy (non-hydrogen) atoms. The number of anilines is 1. The lowest BCUT2D eigenvalue weighted by Crippen LogP contribution is -2.41. The van der Waals surface area contributed by atoms with Crippen LogP contribution in [0.1, 0.15) is 48.0 Å². The van der Waals surface area contributed by atoms with Gasteiger partial charge >= 0.3 is 0 Å². The average molecular weight is 439 g/mol. The molecule has 3 aromatic rings. The SMILES string of the molecule is O=C1c2ccccc2N(Cc2ccc(-c3ccccc3)cc2)C(=O)CN1CC1CCCCC1. The highest BCUT2D eigenvalue weighted by molar-refractivity contribution is 6.09. The van der Waals surface area contributed by atoms with Crippen molar-refractivity contribution in [1.82, 2.24) is 4.90 Å². The molecule has 4 nitrogen and oxygen atoms in total. The van der Waals surface area contributed by atoms with Crippen LogP contribution in [0.15, 0.2) is 78.9 Å². The molecule has 1 aliphatic heterocycles. The number of para-hydroxylation sites is 1. The van der Waals surface area contributed by atoms with Gasteiger partial charge in [-0.2, -0.15) is 0 Å². The van der Waals surface area contributed by atoms with Crippen molar-refractivity contribution < 1.29 is 9.59 Å². The maximum Gasteiger partial charge on any atom is 0.256 e. The summed E-state index contributed by atoms with van der Waals surface area (Å²) in [6.07, 6.45) is 6.03. The largest absolute Gasteiger partial charge is 0.329 e. The third-order valence-electron chi connectivity index (χ3n) is 6.94. The van der Waals surface area contributed by atoms with E-state index in [2.05, 4.69) is 36.4 Å². The monoisotopic (exact) mass is 438 g/mol. The summed E-state index contributed by atoms with van der Waals surface area (Å²) < 4.78 is 0. The van der Waals surface area contributed by atoms with Gasteiger partial charge in [0.1, 0.15) is 6.54 Å². The quantitative estimate of drug-likeness (QED) is 0.496. The summed E-state index contributed by atoms with van der Waals surface area (Å²) in [4.78, 5) is 30.4. The van der Waals surface area contributed by atoms with E-state index in [1.54, 1.807) is 9.80 Å². The molecule has 0 aromatic heterocycles. The molecule has 0 spiro atoms. The van der Waals surface area contributed by atoms with Gasteiger partial charge in [0.25, 0.3) is 5.91 Å². The van der Waals surface area contributed by atoms with Crippen LogP contribution in [-0.4, -0.2) is 29.8 Å². The Morgan fingerprint density at radius 2 is 1.39 bits per heavy atom. The Morgan fingerprint density at radius 3 is 2.15 bits per heavy atom. The van der Waals surface area contributed by atoms with Gasteiger partial charge in [-0.25, -0.2) is 0 Å². The van der Waals surface area contributed by atoms with Crippen LogP contribution in [0.3, 0.4) is 0 Å². The van der Waals surface area contributed by atoms with Crippen LogP contribution in [0.5, 0.6) is 0 Å². The first-order chi connectivity index (χ1) is 16.2. The lowest BCUT2D eigenvalue weighted by atomic mass is 9.89. The van der Waals surface area contributed by atoms with Crippen LogP contribution in [0, 0.1) is 5.92 Å². The summed E-state index contributed by atoms with van der Waals surface area (Å²) in [6, 6.07) is 26.2. The highest BCUT2D eigenvalue weighted by atomic mass is 16.2. The zero-order valence-corrected chi connectivity index (χ0v) is 19.0. The minimum atomic E-state index is -0.0218. The maximum atomic E-state index is 13.4. The molecule has 3 aromatic carbocycles. The lowest BCUT2D eigenvalue weighted by Gasteiger charge is -2.28. The van der Waals surface area contributed by atoms with Gasteiger partial charge in [0.05, 0.1) is 17.8 Å². The number of amides is 2. The highest BCUT2D eigenvalue weighted by Gasteiger charge is 2.32. The second-order valence-corrected chi connectivity index (χ2v) is 9.25. The van der Waals surface area contributed by atoms with Crippen molar-refractivity contribution >= 4 is 17.5 Å². The van der Waals surface area contributed by atoms with E-state index in [0.29, 0.717) is 30.3 Å². The Bertz CT molecular complexity index is 1120. The molecule has 2 amide bonds. The van der Waals surface area contributed by atoms with Crippen LogP contribution in [0.4, 0.5) is 5.69 Å². The fraction of sp³-hybridized carbons (Fsp3) is 0.310. The zero-order chi connectivity index (χ0) is 22.6. The molecule has 0 N–H and O–H groups in total. The second kappa shape index (κ2) is 9.62. The summed E-state index contributed by atoms with van der Waals surface area (Å²) in [5, 5.41) is 0. The van der Waals surface area contributed by atoms with Gasteiger partial charge in [-0.15, -0.1) is 0 Å². The number of nitrogens with zero attached hydrogens (tertiary/aromatic N) is 2. The Balaban J connectivity index is 1.39. The highest BCUT2D eigenvalue weighted by Crippen LogP contribution is 2.30. The summed E-state index contributed by atoms with van der Waals surface area (Å²) in [7, 11) is 0. The van der Waals surface area contributed by atoms with E-state index >= 15 is 0 Å². The first kappa shape index (κ1) is 21.4. The molecule has 0 atom stereocenters. The third-order valence-corrected chi connectivity index (χ3v) is 6.94. The molecule has 168 valence electrons. The third kappa shape index (κ3) is 4.70. The molecule has 0 radical (unpaired) electrons. The number of carbonyl (C=O) groups excluding carboxylic acids is 2.